The number of fused-ring (bicyclic) bond motifs is 1. The summed E-state index contributed by atoms with van der Waals surface area (Å²) in [5.41, 5.74) is 2.40. The van der Waals surface area contributed by atoms with Gasteiger partial charge in [-0.3, -0.25) is 4.79 Å². The van der Waals surface area contributed by atoms with Crippen molar-refractivity contribution >= 4 is 28.7 Å². The molecule has 0 N–H and O–H groups in total. The fraction of sp³-hybridized carbons (Fsp3) is 0.353. The second-order valence-corrected chi connectivity index (χ2v) is 6.92. The molecule has 1 aliphatic carbocycles. The van der Waals surface area contributed by atoms with Gasteiger partial charge in [0, 0.05) is 16.3 Å². The van der Waals surface area contributed by atoms with Gasteiger partial charge < -0.3 is 0 Å². The fourth-order valence-electron chi connectivity index (χ4n) is 2.72. The van der Waals surface area contributed by atoms with Gasteiger partial charge >= 0.3 is 0 Å². The van der Waals surface area contributed by atoms with Crippen molar-refractivity contribution in [3.05, 3.63) is 56.2 Å². The van der Waals surface area contributed by atoms with Crippen molar-refractivity contribution in [1.82, 2.24) is 0 Å². The van der Waals surface area contributed by atoms with Crippen molar-refractivity contribution in [2.24, 2.45) is 0 Å². The van der Waals surface area contributed by atoms with Crippen molar-refractivity contribution < 1.29 is 4.79 Å². The van der Waals surface area contributed by atoms with Gasteiger partial charge in [-0.1, -0.05) is 30.2 Å². The molecule has 0 radical (unpaired) electrons. The van der Waals surface area contributed by atoms with Crippen LogP contribution in [0.3, 0.4) is 0 Å². The number of carbonyl (C=O) groups is 1. The van der Waals surface area contributed by atoms with E-state index in [-0.39, 0.29) is 5.78 Å². The van der Waals surface area contributed by atoms with Crippen LogP contribution in [0.5, 0.6) is 0 Å². The van der Waals surface area contributed by atoms with Crippen LogP contribution in [-0.2, 0) is 19.3 Å². The number of carbonyl (C=O) groups excluding carboxylic acids is 1. The average molecular weight is 305 g/mol. The Hall–Kier alpha value is -1.12. The molecule has 0 saturated heterocycles. The average Bonchev–Trinajstić information content (AvgIpc) is 2.70. The Bertz CT molecular complexity index is 606. The van der Waals surface area contributed by atoms with E-state index in [0.717, 1.165) is 23.3 Å². The van der Waals surface area contributed by atoms with Crippen LogP contribution in [0.25, 0.3) is 0 Å². The number of ketones is 1. The summed E-state index contributed by atoms with van der Waals surface area (Å²) in [6, 6.07) is 9.69. The van der Waals surface area contributed by atoms with Gasteiger partial charge in [0.25, 0.3) is 0 Å². The highest BCUT2D eigenvalue weighted by Crippen LogP contribution is 2.29. The molecule has 3 heteroatoms. The number of Topliss-reactive ketones (excluding diaryl/α,β-unsaturated/α-hetero) is 1. The van der Waals surface area contributed by atoms with Crippen LogP contribution in [0.15, 0.2) is 30.3 Å². The van der Waals surface area contributed by atoms with E-state index in [0.29, 0.717) is 11.4 Å². The topological polar surface area (TPSA) is 17.1 Å². The lowest BCUT2D eigenvalue weighted by Crippen LogP contribution is -2.01. The second kappa shape index (κ2) is 6.11. The van der Waals surface area contributed by atoms with Crippen LogP contribution in [0.4, 0.5) is 0 Å². The van der Waals surface area contributed by atoms with Crippen LogP contribution in [0.2, 0.25) is 5.02 Å². The number of benzene rings is 1. The van der Waals surface area contributed by atoms with Crippen molar-refractivity contribution in [2.75, 3.05) is 0 Å². The maximum Gasteiger partial charge on any atom is 0.177 e. The van der Waals surface area contributed by atoms with E-state index >= 15 is 0 Å². The lowest BCUT2D eigenvalue weighted by atomic mass is 10.1. The van der Waals surface area contributed by atoms with E-state index in [1.54, 1.807) is 11.3 Å². The third kappa shape index (κ3) is 3.13. The predicted molar refractivity (Wildman–Crippen MR) is 85.1 cm³/mol. The summed E-state index contributed by atoms with van der Waals surface area (Å²) in [7, 11) is 0. The molecule has 0 unspecified atom stereocenters. The van der Waals surface area contributed by atoms with Gasteiger partial charge in [-0.05, 0) is 55.0 Å². The highest BCUT2D eigenvalue weighted by atomic mass is 35.5. The largest absolute Gasteiger partial charge is 0.293 e. The van der Waals surface area contributed by atoms with E-state index in [1.807, 2.05) is 24.3 Å². The molecule has 0 fully saturated rings. The highest BCUT2D eigenvalue weighted by Gasteiger charge is 2.16. The number of aryl methyl sites for hydroxylation is 2. The first-order chi connectivity index (χ1) is 9.72. The van der Waals surface area contributed by atoms with Crippen LogP contribution >= 0.6 is 22.9 Å². The molecule has 104 valence electrons. The maximum absolute atomic E-state index is 12.4. The minimum absolute atomic E-state index is 0.213. The van der Waals surface area contributed by atoms with Crippen LogP contribution < -0.4 is 0 Å². The van der Waals surface area contributed by atoms with Crippen LogP contribution in [-0.4, -0.2) is 5.78 Å². The van der Waals surface area contributed by atoms with Gasteiger partial charge in [-0.25, -0.2) is 0 Å². The molecule has 1 aromatic carbocycles. The van der Waals surface area contributed by atoms with Crippen LogP contribution in [0, 0.1) is 0 Å². The lowest BCUT2D eigenvalue weighted by molar-refractivity contribution is 0.0997. The molecule has 2 aromatic rings. The van der Waals surface area contributed by atoms with Gasteiger partial charge in [0.1, 0.15) is 0 Å². The van der Waals surface area contributed by atoms with Crippen molar-refractivity contribution in [3.8, 4) is 0 Å². The van der Waals surface area contributed by atoms with Crippen molar-refractivity contribution in [1.29, 1.82) is 0 Å². The van der Waals surface area contributed by atoms with Crippen molar-refractivity contribution in [3.63, 3.8) is 0 Å². The minimum atomic E-state index is 0.213. The molecule has 0 aliphatic heterocycles. The second-order valence-electron chi connectivity index (χ2n) is 5.35. The molecule has 0 saturated carbocycles. The Kier molecular flexibility index (Phi) is 4.23. The van der Waals surface area contributed by atoms with Crippen molar-refractivity contribution in [2.45, 2.75) is 38.5 Å². The van der Waals surface area contributed by atoms with E-state index in [9.17, 15) is 4.79 Å². The molecule has 1 heterocycles. The smallest absolute Gasteiger partial charge is 0.177 e. The SMILES string of the molecule is O=C(Cc1cccc(Cl)c1)c1cc2c(s1)CCCCC2. The molecule has 0 atom stereocenters. The van der Waals surface area contributed by atoms with E-state index in [1.165, 1.54) is 29.7 Å². The number of hydrogen-bond acceptors (Lipinski definition) is 2. The number of thiophene rings is 1. The quantitative estimate of drug-likeness (QED) is 0.570. The molecular formula is C17H17ClOS. The lowest BCUT2D eigenvalue weighted by Gasteiger charge is -2.00. The number of hydrogen-bond donors (Lipinski definition) is 0. The normalized spacial score (nSPS) is 14.7. The first kappa shape index (κ1) is 13.8. The van der Waals surface area contributed by atoms with E-state index < -0.39 is 0 Å². The zero-order chi connectivity index (χ0) is 13.9. The third-order valence-electron chi connectivity index (χ3n) is 3.78. The Morgan fingerprint density at radius 2 is 2.00 bits per heavy atom. The number of halogens is 1. The summed E-state index contributed by atoms with van der Waals surface area (Å²) in [4.78, 5) is 14.7. The Balaban J connectivity index is 1.77. The predicted octanol–water partition coefficient (Wildman–Crippen LogP) is 5.10. The fourth-order valence-corrected chi connectivity index (χ4v) is 4.13. The Morgan fingerprint density at radius 1 is 1.15 bits per heavy atom. The maximum atomic E-state index is 12.4. The Labute approximate surface area is 128 Å². The summed E-state index contributed by atoms with van der Waals surface area (Å²) < 4.78 is 0. The molecule has 0 bridgehead atoms. The van der Waals surface area contributed by atoms with Gasteiger partial charge in [0.15, 0.2) is 5.78 Å². The Morgan fingerprint density at radius 3 is 2.85 bits per heavy atom. The number of rotatable bonds is 3. The summed E-state index contributed by atoms with van der Waals surface area (Å²) in [6.07, 6.45) is 6.55. The molecular weight excluding hydrogens is 288 g/mol. The van der Waals surface area contributed by atoms with Gasteiger partial charge in [-0.15, -0.1) is 11.3 Å². The molecule has 20 heavy (non-hydrogen) atoms. The molecule has 0 spiro atoms. The van der Waals surface area contributed by atoms with Crippen LogP contribution in [0.1, 0.15) is 44.9 Å². The molecule has 3 rings (SSSR count). The zero-order valence-corrected chi connectivity index (χ0v) is 12.9. The first-order valence-electron chi connectivity index (χ1n) is 7.11. The third-order valence-corrected chi connectivity index (χ3v) is 5.29. The van der Waals surface area contributed by atoms with Gasteiger partial charge in [0.05, 0.1) is 4.88 Å². The minimum Gasteiger partial charge on any atom is -0.293 e. The molecule has 0 amide bonds. The standard InChI is InChI=1S/C17H17ClOS/c18-14-7-4-5-12(9-14)10-15(19)17-11-13-6-2-1-3-8-16(13)20-17/h4-5,7,9,11H,1-3,6,8,10H2. The van der Waals surface area contributed by atoms with Gasteiger partial charge in [-0.2, -0.15) is 0 Å². The summed E-state index contributed by atoms with van der Waals surface area (Å²) in [6.45, 7) is 0. The summed E-state index contributed by atoms with van der Waals surface area (Å²) in [5.74, 6) is 0.213. The summed E-state index contributed by atoms with van der Waals surface area (Å²) in [5, 5.41) is 0.692. The summed E-state index contributed by atoms with van der Waals surface area (Å²) >= 11 is 7.66. The zero-order valence-electron chi connectivity index (χ0n) is 11.3. The van der Waals surface area contributed by atoms with E-state index in [2.05, 4.69) is 6.07 Å². The first-order valence-corrected chi connectivity index (χ1v) is 8.31. The molecule has 1 aromatic heterocycles. The molecule has 1 aliphatic rings. The highest BCUT2D eigenvalue weighted by molar-refractivity contribution is 7.14. The van der Waals surface area contributed by atoms with Gasteiger partial charge in [0.2, 0.25) is 0 Å². The monoisotopic (exact) mass is 304 g/mol. The molecule has 1 nitrogen and oxygen atoms in total. The van der Waals surface area contributed by atoms with E-state index in [4.69, 9.17) is 11.6 Å².